The Kier molecular flexibility index (Phi) is 7.91. The number of piperidine rings is 1. The molecule has 3 rings (SSSR count). The second-order valence-corrected chi connectivity index (χ2v) is 7.01. The summed E-state index contributed by atoms with van der Waals surface area (Å²) in [5.74, 6) is -1.62. The molecule has 0 bridgehead atoms. The van der Waals surface area contributed by atoms with Gasteiger partial charge in [-0.05, 0) is 51.7 Å². The van der Waals surface area contributed by atoms with Crippen LogP contribution in [0.25, 0.3) is 0 Å². The zero-order valence-corrected chi connectivity index (χ0v) is 16.8. The molecule has 0 aliphatic carbocycles. The summed E-state index contributed by atoms with van der Waals surface area (Å²) in [6.45, 7) is 1.91. The molecule has 0 saturated carbocycles. The number of carbonyl (C=O) groups is 1. The zero-order valence-electron chi connectivity index (χ0n) is 16.0. The highest BCUT2D eigenvalue weighted by Gasteiger charge is 2.24. The summed E-state index contributed by atoms with van der Waals surface area (Å²) >= 11 is 0. The van der Waals surface area contributed by atoms with E-state index in [1.807, 2.05) is 0 Å². The third-order valence-electron chi connectivity index (χ3n) is 4.90. The molecule has 2 atom stereocenters. The van der Waals surface area contributed by atoms with Gasteiger partial charge in [-0.25, -0.2) is 8.78 Å². The van der Waals surface area contributed by atoms with E-state index in [-0.39, 0.29) is 36.5 Å². The van der Waals surface area contributed by atoms with Gasteiger partial charge >= 0.3 is 0 Å². The number of benzene rings is 1. The fourth-order valence-corrected chi connectivity index (χ4v) is 3.37. The Morgan fingerprint density at radius 2 is 2.07 bits per heavy atom. The Morgan fingerprint density at radius 1 is 1.36 bits per heavy atom. The zero-order chi connectivity index (χ0) is 19.4. The Morgan fingerprint density at radius 3 is 2.68 bits per heavy atom. The summed E-state index contributed by atoms with van der Waals surface area (Å²) in [5, 5.41) is 10.4. The number of rotatable bonds is 6. The molecular formula is C19H26ClF2N5O. The van der Waals surface area contributed by atoms with Crippen molar-refractivity contribution in [3.05, 3.63) is 53.4 Å². The van der Waals surface area contributed by atoms with E-state index in [2.05, 4.69) is 15.7 Å². The number of amides is 1. The highest BCUT2D eigenvalue weighted by Crippen LogP contribution is 2.24. The van der Waals surface area contributed by atoms with Crippen LogP contribution in [0, 0.1) is 11.6 Å². The smallest absolute Gasteiger partial charge is 0.271 e. The second kappa shape index (κ2) is 9.95. The van der Waals surface area contributed by atoms with E-state index in [9.17, 15) is 13.6 Å². The molecule has 1 amide bonds. The molecular weight excluding hydrogens is 388 g/mol. The fourth-order valence-electron chi connectivity index (χ4n) is 3.37. The van der Waals surface area contributed by atoms with Crippen LogP contribution in [0.15, 0.2) is 30.5 Å². The monoisotopic (exact) mass is 413 g/mol. The maximum atomic E-state index is 14.1. The molecule has 28 heavy (non-hydrogen) atoms. The van der Waals surface area contributed by atoms with Crippen LogP contribution < -0.4 is 10.6 Å². The van der Waals surface area contributed by atoms with Crippen LogP contribution in [-0.2, 0) is 0 Å². The lowest BCUT2D eigenvalue weighted by atomic mass is 10.0. The van der Waals surface area contributed by atoms with Crippen molar-refractivity contribution < 1.29 is 13.6 Å². The van der Waals surface area contributed by atoms with Crippen molar-refractivity contribution in [1.29, 1.82) is 0 Å². The van der Waals surface area contributed by atoms with Crippen LogP contribution in [-0.4, -0.2) is 54.3 Å². The lowest BCUT2D eigenvalue weighted by molar-refractivity contribution is 0.0934. The minimum Gasteiger partial charge on any atom is -0.349 e. The van der Waals surface area contributed by atoms with Crippen LogP contribution in [0.2, 0.25) is 0 Å². The van der Waals surface area contributed by atoms with Crippen molar-refractivity contribution in [3.8, 4) is 0 Å². The van der Waals surface area contributed by atoms with Gasteiger partial charge in [0.1, 0.15) is 17.3 Å². The first-order valence-corrected chi connectivity index (χ1v) is 9.11. The maximum absolute atomic E-state index is 14.1. The molecule has 1 aliphatic rings. The van der Waals surface area contributed by atoms with Gasteiger partial charge < -0.3 is 15.5 Å². The van der Waals surface area contributed by atoms with E-state index in [1.54, 1.807) is 35.9 Å². The number of hydrogen-bond donors (Lipinski definition) is 2. The van der Waals surface area contributed by atoms with Crippen LogP contribution in [0.5, 0.6) is 0 Å². The molecule has 0 spiro atoms. The van der Waals surface area contributed by atoms with E-state index in [0.29, 0.717) is 5.69 Å². The maximum Gasteiger partial charge on any atom is 0.271 e. The second-order valence-electron chi connectivity index (χ2n) is 7.01. The van der Waals surface area contributed by atoms with Crippen molar-refractivity contribution >= 4 is 18.3 Å². The van der Waals surface area contributed by atoms with E-state index >= 15 is 0 Å². The average molecular weight is 414 g/mol. The van der Waals surface area contributed by atoms with Gasteiger partial charge in [0, 0.05) is 24.8 Å². The van der Waals surface area contributed by atoms with E-state index in [4.69, 9.17) is 0 Å². The SMILES string of the molecule is CN(C)C(CNC(=O)c1ccn(C2CCCNC2)n1)c1c(F)cccc1F.Cl. The van der Waals surface area contributed by atoms with Crippen LogP contribution >= 0.6 is 12.4 Å². The van der Waals surface area contributed by atoms with Gasteiger partial charge in [0.25, 0.3) is 5.91 Å². The molecule has 2 aromatic rings. The van der Waals surface area contributed by atoms with Gasteiger partial charge in [-0.3, -0.25) is 9.48 Å². The summed E-state index contributed by atoms with van der Waals surface area (Å²) in [7, 11) is 3.43. The van der Waals surface area contributed by atoms with Gasteiger partial charge in [-0.15, -0.1) is 12.4 Å². The largest absolute Gasteiger partial charge is 0.349 e. The minimum atomic E-state index is -0.628. The predicted octanol–water partition coefficient (Wildman–Crippen LogP) is 2.54. The van der Waals surface area contributed by atoms with Crippen molar-refractivity contribution in [2.45, 2.75) is 24.9 Å². The number of nitrogens with one attached hydrogen (secondary N) is 2. The molecule has 1 fully saturated rings. The quantitative estimate of drug-likeness (QED) is 0.764. The third-order valence-corrected chi connectivity index (χ3v) is 4.90. The summed E-state index contributed by atoms with van der Waals surface area (Å²) in [6.07, 6.45) is 3.89. The number of aromatic nitrogens is 2. The third kappa shape index (κ3) is 5.06. The van der Waals surface area contributed by atoms with Crippen molar-refractivity contribution in [2.24, 2.45) is 0 Å². The lowest BCUT2D eigenvalue weighted by Gasteiger charge is -2.25. The molecule has 1 aliphatic heterocycles. The lowest BCUT2D eigenvalue weighted by Crippen LogP contribution is -2.36. The van der Waals surface area contributed by atoms with Gasteiger partial charge in [0.15, 0.2) is 0 Å². The molecule has 6 nitrogen and oxygen atoms in total. The topological polar surface area (TPSA) is 62.2 Å². The molecule has 2 heterocycles. The Balaban J connectivity index is 0.00000280. The van der Waals surface area contributed by atoms with E-state index in [1.165, 1.54) is 18.2 Å². The van der Waals surface area contributed by atoms with Gasteiger partial charge in [0.05, 0.1) is 12.1 Å². The van der Waals surface area contributed by atoms with E-state index < -0.39 is 17.7 Å². The van der Waals surface area contributed by atoms with Crippen LogP contribution in [0.3, 0.4) is 0 Å². The molecule has 1 aromatic carbocycles. The molecule has 2 N–H and O–H groups in total. The van der Waals surface area contributed by atoms with Crippen LogP contribution in [0.4, 0.5) is 8.78 Å². The molecule has 2 unspecified atom stereocenters. The summed E-state index contributed by atoms with van der Waals surface area (Å²) < 4.78 is 30.0. The number of hydrogen-bond acceptors (Lipinski definition) is 4. The first-order valence-electron chi connectivity index (χ1n) is 9.11. The summed E-state index contributed by atoms with van der Waals surface area (Å²) in [4.78, 5) is 14.1. The molecule has 1 saturated heterocycles. The van der Waals surface area contributed by atoms with Crippen molar-refractivity contribution in [3.63, 3.8) is 0 Å². The Hall–Kier alpha value is -2.03. The molecule has 1 aromatic heterocycles. The number of halogens is 3. The molecule has 9 heteroatoms. The normalized spacial score (nSPS) is 17.8. The van der Waals surface area contributed by atoms with Gasteiger partial charge in [0.2, 0.25) is 0 Å². The van der Waals surface area contributed by atoms with Crippen molar-refractivity contribution in [2.75, 3.05) is 33.7 Å². The predicted molar refractivity (Wildman–Crippen MR) is 106 cm³/mol. The average Bonchev–Trinajstić information content (AvgIpc) is 3.14. The Bertz CT molecular complexity index is 772. The highest BCUT2D eigenvalue weighted by atomic mass is 35.5. The number of carbonyl (C=O) groups excluding carboxylic acids is 1. The summed E-state index contributed by atoms with van der Waals surface area (Å²) in [5.41, 5.74) is 0.244. The highest BCUT2D eigenvalue weighted by molar-refractivity contribution is 5.92. The number of nitrogens with zero attached hydrogens (tertiary/aromatic N) is 3. The molecule has 154 valence electrons. The molecule has 0 radical (unpaired) electrons. The van der Waals surface area contributed by atoms with Gasteiger partial charge in [-0.2, -0.15) is 5.10 Å². The minimum absolute atomic E-state index is 0. The first-order chi connectivity index (χ1) is 13.0. The summed E-state index contributed by atoms with van der Waals surface area (Å²) in [6, 6.07) is 5.04. The standard InChI is InChI=1S/C19H25F2N5O.ClH/c1-25(2)17(18-14(20)6-3-7-15(18)21)12-23-19(27)16-8-10-26(24-16)13-5-4-9-22-11-13;/h3,6-8,10,13,17,22H,4-5,9,11-12H2,1-2H3,(H,23,27);1H. The van der Waals surface area contributed by atoms with Crippen molar-refractivity contribution in [1.82, 2.24) is 25.3 Å². The first kappa shape index (κ1) is 22.3. The fraction of sp³-hybridized carbons (Fsp3) is 0.474. The van der Waals surface area contributed by atoms with Gasteiger partial charge in [-0.1, -0.05) is 6.07 Å². The van der Waals surface area contributed by atoms with Crippen LogP contribution in [0.1, 0.15) is 41.0 Å². The Labute approximate surface area is 169 Å². The van der Waals surface area contributed by atoms with E-state index in [0.717, 1.165) is 25.9 Å². The number of likely N-dealkylation sites (N-methyl/N-ethyl adjacent to an activating group) is 1.